The van der Waals surface area contributed by atoms with Crippen molar-refractivity contribution in [1.29, 1.82) is 0 Å². The average molecular weight is 231 g/mol. The molecule has 0 aliphatic carbocycles. The van der Waals surface area contributed by atoms with Crippen LogP contribution < -0.4 is 5.32 Å². The fourth-order valence-electron chi connectivity index (χ4n) is 0.849. The van der Waals surface area contributed by atoms with E-state index in [1.54, 1.807) is 12.3 Å². The van der Waals surface area contributed by atoms with Crippen LogP contribution in [0.15, 0.2) is 17.5 Å². The Labute approximate surface area is 90.0 Å². The summed E-state index contributed by atoms with van der Waals surface area (Å²) < 4.78 is 11.0. The molecule has 1 N–H and O–H groups in total. The molecule has 1 aromatic heterocycles. The molecular formula is C9H13NO2S2. The molecule has 0 fully saturated rings. The zero-order chi connectivity index (χ0) is 10.6. The van der Waals surface area contributed by atoms with Crippen molar-refractivity contribution in [3.63, 3.8) is 0 Å². The third kappa shape index (κ3) is 3.23. The van der Waals surface area contributed by atoms with Gasteiger partial charge in [-0.25, -0.2) is 0 Å². The Morgan fingerprint density at radius 1 is 1.71 bits per heavy atom. The van der Waals surface area contributed by atoms with E-state index in [0.717, 1.165) is 0 Å². The SMILES string of the molecule is CC(CNC(=O)c1cccs1)S(C)=O. The highest BCUT2D eigenvalue weighted by Gasteiger charge is 2.10. The van der Waals surface area contributed by atoms with Gasteiger partial charge in [0, 0.05) is 28.9 Å². The lowest BCUT2D eigenvalue weighted by atomic mass is 10.4. The van der Waals surface area contributed by atoms with Crippen molar-refractivity contribution in [3.8, 4) is 0 Å². The summed E-state index contributed by atoms with van der Waals surface area (Å²) in [5.41, 5.74) is 0. The lowest BCUT2D eigenvalue weighted by Gasteiger charge is -2.08. The number of nitrogens with one attached hydrogen (secondary N) is 1. The van der Waals surface area contributed by atoms with Crippen molar-refractivity contribution in [1.82, 2.24) is 5.32 Å². The van der Waals surface area contributed by atoms with Crippen LogP contribution in [-0.4, -0.2) is 28.2 Å². The highest BCUT2D eigenvalue weighted by Crippen LogP contribution is 2.07. The molecule has 0 saturated carbocycles. The predicted molar refractivity (Wildman–Crippen MR) is 60.2 cm³/mol. The van der Waals surface area contributed by atoms with Gasteiger partial charge in [0.25, 0.3) is 5.91 Å². The Morgan fingerprint density at radius 3 is 2.93 bits per heavy atom. The maximum atomic E-state index is 11.4. The first-order valence-corrected chi connectivity index (χ1v) is 6.75. The molecule has 0 aliphatic heterocycles. The van der Waals surface area contributed by atoms with Crippen LogP contribution in [0.25, 0.3) is 0 Å². The molecule has 1 rings (SSSR count). The molecule has 2 atom stereocenters. The van der Waals surface area contributed by atoms with E-state index in [2.05, 4.69) is 5.32 Å². The average Bonchev–Trinajstić information content (AvgIpc) is 2.66. The van der Waals surface area contributed by atoms with E-state index in [-0.39, 0.29) is 11.2 Å². The summed E-state index contributed by atoms with van der Waals surface area (Å²) in [5, 5.41) is 4.60. The summed E-state index contributed by atoms with van der Waals surface area (Å²) in [5.74, 6) is -0.0858. The first-order valence-electron chi connectivity index (χ1n) is 4.25. The van der Waals surface area contributed by atoms with Crippen molar-refractivity contribution < 1.29 is 9.00 Å². The molecule has 14 heavy (non-hydrogen) atoms. The summed E-state index contributed by atoms with van der Waals surface area (Å²) in [4.78, 5) is 12.1. The van der Waals surface area contributed by atoms with Crippen LogP contribution in [0.3, 0.4) is 0 Å². The number of amides is 1. The minimum absolute atomic E-state index is 0.00101. The van der Waals surface area contributed by atoms with Gasteiger partial charge in [0.1, 0.15) is 0 Å². The minimum atomic E-state index is -0.885. The van der Waals surface area contributed by atoms with Gasteiger partial charge in [-0.05, 0) is 18.4 Å². The van der Waals surface area contributed by atoms with Crippen LogP contribution in [0.5, 0.6) is 0 Å². The van der Waals surface area contributed by atoms with Gasteiger partial charge in [0.2, 0.25) is 0 Å². The maximum absolute atomic E-state index is 11.4. The van der Waals surface area contributed by atoms with E-state index in [1.165, 1.54) is 11.3 Å². The first-order chi connectivity index (χ1) is 6.61. The Morgan fingerprint density at radius 2 is 2.43 bits per heavy atom. The molecule has 0 radical (unpaired) electrons. The van der Waals surface area contributed by atoms with E-state index in [9.17, 15) is 9.00 Å². The fraction of sp³-hybridized carbons (Fsp3) is 0.444. The van der Waals surface area contributed by atoms with E-state index in [0.29, 0.717) is 11.4 Å². The van der Waals surface area contributed by atoms with Gasteiger partial charge >= 0.3 is 0 Å². The Balaban J connectivity index is 2.40. The number of hydrogen-bond acceptors (Lipinski definition) is 3. The second-order valence-electron chi connectivity index (χ2n) is 3.00. The molecule has 1 aromatic rings. The van der Waals surface area contributed by atoms with Crippen LogP contribution in [0.2, 0.25) is 0 Å². The zero-order valence-electron chi connectivity index (χ0n) is 8.15. The highest BCUT2D eigenvalue weighted by molar-refractivity contribution is 7.84. The number of rotatable bonds is 4. The number of carbonyl (C=O) groups excluding carboxylic acids is 1. The Hall–Kier alpha value is -0.680. The summed E-state index contributed by atoms with van der Waals surface area (Å²) in [6.07, 6.45) is 1.64. The quantitative estimate of drug-likeness (QED) is 0.847. The Kier molecular flexibility index (Phi) is 4.28. The second kappa shape index (κ2) is 5.26. The van der Waals surface area contributed by atoms with Crippen molar-refractivity contribution >= 4 is 28.0 Å². The molecule has 0 aliphatic rings. The van der Waals surface area contributed by atoms with Crippen LogP contribution >= 0.6 is 11.3 Å². The normalized spacial score (nSPS) is 14.7. The van der Waals surface area contributed by atoms with E-state index in [4.69, 9.17) is 0 Å². The molecule has 5 heteroatoms. The lowest BCUT2D eigenvalue weighted by Crippen LogP contribution is -2.32. The summed E-state index contributed by atoms with van der Waals surface area (Å²) in [7, 11) is -0.885. The van der Waals surface area contributed by atoms with Crippen LogP contribution in [0.1, 0.15) is 16.6 Å². The molecular weight excluding hydrogens is 218 g/mol. The van der Waals surface area contributed by atoms with Crippen LogP contribution in [0.4, 0.5) is 0 Å². The predicted octanol–water partition coefficient (Wildman–Crippen LogP) is 1.24. The number of hydrogen-bond donors (Lipinski definition) is 1. The third-order valence-electron chi connectivity index (χ3n) is 1.86. The van der Waals surface area contributed by atoms with Gasteiger partial charge in [0.15, 0.2) is 0 Å². The molecule has 0 aromatic carbocycles. The summed E-state index contributed by atoms with van der Waals surface area (Å²) in [6.45, 7) is 2.31. The van der Waals surface area contributed by atoms with Crippen molar-refractivity contribution in [3.05, 3.63) is 22.4 Å². The zero-order valence-corrected chi connectivity index (χ0v) is 9.78. The molecule has 78 valence electrons. The molecule has 0 saturated heterocycles. The molecule has 1 heterocycles. The standard InChI is InChI=1S/C9H13NO2S2/c1-7(14(2)12)6-10-9(11)8-4-3-5-13-8/h3-5,7H,6H2,1-2H3,(H,10,11). The van der Waals surface area contributed by atoms with E-state index in [1.807, 2.05) is 18.4 Å². The topological polar surface area (TPSA) is 46.2 Å². The smallest absolute Gasteiger partial charge is 0.261 e. The highest BCUT2D eigenvalue weighted by atomic mass is 32.2. The van der Waals surface area contributed by atoms with Crippen molar-refractivity contribution in [2.45, 2.75) is 12.2 Å². The van der Waals surface area contributed by atoms with E-state index < -0.39 is 10.8 Å². The van der Waals surface area contributed by atoms with Gasteiger partial charge in [-0.3, -0.25) is 9.00 Å². The van der Waals surface area contributed by atoms with Crippen LogP contribution in [0, 0.1) is 0 Å². The largest absolute Gasteiger partial charge is 0.350 e. The molecule has 2 unspecified atom stereocenters. The lowest BCUT2D eigenvalue weighted by molar-refractivity contribution is 0.0958. The first kappa shape index (κ1) is 11.4. The Bertz CT molecular complexity index is 322. The number of carbonyl (C=O) groups is 1. The van der Waals surface area contributed by atoms with Crippen LogP contribution in [-0.2, 0) is 10.8 Å². The molecule has 3 nitrogen and oxygen atoms in total. The van der Waals surface area contributed by atoms with Crippen molar-refractivity contribution in [2.24, 2.45) is 0 Å². The summed E-state index contributed by atoms with van der Waals surface area (Å²) >= 11 is 1.40. The van der Waals surface area contributed by atoms with Gasteiger partial charge in [-0.1, -0.05) is 6.07 Å². The van der Waals surface area contributed by atoms with E-state index >= 15 is 0 Å². The molecule has 1 amide bonds. The summed E-state index contributed by atoms with van der Waals surface area (Å²) in [6, 6.07) is 3.61. The molecule has 0 bridgehead atoms. The van der Waals surface area contributed by atoms with Gasteiger partial charge in [-0.2, -0.15) is 0 Å². The number of thiophene rings is 1. The maximum Gasteiger partial charge on any atom is 0.261 e. The van der Waals surface area contributed by atoms with Gasteiger partial charge < -0.3 is 5.32 Å². The van der Waals surface area contributed by atoms with Gasteiger partial charge in [0.05, 0.1) is 4.88 Å². The monoisotopic (exact) mass is 231 g/mol. The second-order valence-corrected chi connectivity index (χ2v) is 5.75. The van der Waals surface area contributed by atoms with Crippen molar-refractivity contribution in [2.75, 3.05) is 12.8 Å². The molecule has 0 spiro atoms. The fourth-order valence-corrected chi connectivity index (χ4v) is 1.81. The minimum Gasteiger partial charge on any atom is -0.350 e. The van der Waals surface area contributed by atoms with Gasteiger partial charge in [-0.15, -0.1) is 11.3 Å². The third-order valence-corrected chi connectivity index (χ3v) is 4.03.